The molecule has 3 nitrogen and oxygen atoms in total. The highest BCUT2D eigenvalue weighted by Crippen LogP contribution is 2.20. The summed E-state index contributed by atoms with van der Waals surface area (Å²) in [5.74, 6) is -1.13. The summed E-state index contributed by atoms with van der Waals surface area (Å²) in [7, 11) is 1.76. The maximum atomic E-state index is 12.7. The summed E-state index contributed by atoms with van der Waals surface area (Å²) in [6.45, 7) is 4.02. The van der Waals surface area contributed by atoms with Crippen LogP contribution in [0.1, 0.15) is 25.8 Å². The minimum atomic E-state index is -0.894. The molecule has 0 saturated carbocycles. The number of carboxylic acids is 1. The van der Waals surface area contributed by atoms with Crippen molar-refractivity contribution in [1.29, 1.82) is 0 Å². The molecular formula is C13H18FNO2. The fourth-order valence-corrected chi connectivity index (χ4v) is 1.62. The van der Waals surface area contributed by atoms with Crippen molar-refractivity contribution in [2.24, 2.45) is 0 Å². The van der Waals surface area contributed by atoms with E-state index in [-0.39, 0.29) is 5.82 Å². The van der Waals surface area contributed by atoms with Gasteiger partial charge in [-0.1, -0.05) is 19.1 Å². The molecule has 0 heterocycles. The molecule has 1 unspecified atom stereocenters. The van der Waals surface area contributed by atoms with E-state index in [2.05, 4.69) is 0 Å². The maximum absolute atomic E-state index is 12.7. The van der Waals surface area contributed by atoms with Gasteiger partial charge in [0, 0.05) is 6.54 Å². The van der Waals surface area contributed by atoms with Gasteiger partial charge in [-0.15, -0.1) is 0 Å². The van der Waals surface area contributed by atoms with Crippen molar-refractivity contribution in [1.82, 2.24) is 4.90 Å². The number of nitrogens with zero attached hydrogens (tertiary/aromatic N) is 1. The van der Waals surface area contributed by atoms with Crippen molar-refractivity contribution in [3.8, 4) is 0 Å². The van der Waals surface area contributed by atoms with E-state index in [1.165, 1.54) is 12.1 Å². The first-order valence-corrected chi connectivity index (χ1v) is 5.59. The van der Waals surface area contributed by atoms with Crippen LogP contribution in [-0.4, -0.2) is 28.6 Å². The summed E-state index contributed by atoms with van der Waals surface area (Å²) in [5.41, 5.74) is 0.00353. The maximum Gasteiger partial charge on any atom is 0.323 e. The molecule has 94 valence electrons. The van der Waals surface area contributed by atoms with Crippen LogP contribution in [0, 0.1) is 5.82 Å². The molecule has 1 aromatic rings. The van der Waals surface area contributed by atoms with Crippen molar-refractivity contribution in [3.05, 3.63) is 35.6 Å². The molecule has 0 aliphatic heterocycles. The molecule has 0 radical (unpaired) electrons. The van der Waals surface area contributed by atoms with Crippen LogP contribution >= 0.6 is 0 Å². The number of rotatable bonds is 5. The minimum Gasteiger partial charge on any atom is -0.480 e. The fraction of sp³-hybridized carbons (Fsp3) is 0.462. The lowest BCUT2D eigenvalue weighted by Crippen LogP contribution is -2.49. The zero-order chi connectivity index (χ0) is 13.1. The molecule has 1 aromatic carbocycles. The molecule has 0 aliphatic carbocycles. The Morgan fingerprint density at radius 1 is 1.41 bits per heavy atom. The Bertz CT molecular complexity index is 391. The van der Waals surface area contributed by atoms with E-state index in [0.29, 0.717) is 13.0 Å². The van der Waals surface area contributed by atoms with Crippen molar-refractivity contribution >= 4 is 5.97 Å². The predicted octanol–water partition coefficient (Wildman–Crippen LogP) is 2.51. The minimum absolute atomic E-state index is 0.284. The number of hydrogen-bond donors (Lipinski definition) is 1. The number of carbonyl (C=O) groups is 1. The van der Waals surface area contributed by atoms with Crippen LogP contribution in [0.25, 0.3) is 0 Å². The average Bonchev–Trinajstić information content (AvgIpc) is 2.30. The van der Waals surface area contributed by atoms with Crippen molar-refractivity contribution in [3.63, 3.8) is 0 Å². The van der Waals surface area contributed by atoms with Gasteiger partial charge in [0.25, 0.3) is 0 Å². The second-order valence-corrected chi connectivity index (χ2v) is 4.42. The van der Waals surface area contributed by atoms with Gasteiger partial charge < -0.3 is 5.11 Å². The predicted molar refractivity (Wildman–Crippen MR) is 64.2 cm³/mol. The first kappa shape index (κ1) is 13.6. The lowest BCUT2D eigenvalue weighted by atomic mass is 9.96. The third-order valence-corrected chi connectivity index (χ3v) is 3.32. The van der Waals surface area contributed by atoms with E-state index in [1.54, 1.807) is 31.0 Å². The van der Waals surface area contributed by atoms with Crippen LogP contribution in [0.4, 0.5) is 4.39 Å². The summed E-state index contributed by atoms with van der Waals surface area (Å²) in [5, 5.41) is 9.22. The standard InChI is InChI=1S/C13H18FNO2/c1-4-13(2,12(16)17)15(3)9-10-5-7-11(14)8-6-10/h5-8H,4,9H2,1-3H3,(H,16,17). The molecule has 0 bridgehead atoms. The van der Waals surface area contributed by atoms with Crippen LogP contribution in [0.15, 0.2) is 24.3 Å². The third-order valence-electron chi connectivity index (χ3n) is 3.32. The van der Waals surface area contributed by atoms with E-state index in [9.17, 15) is 14.3 Å². The Labute approximate surface area is 101 Å². The number of aliphatic carboxylic acids is 1. The van der Waals surface area contributed by atoms with Gasteiger partial charge >= 0.3 is 5.97 Å². The molecule has 1 N–H and O–H groups in total. The molecule has 0 amide bonds. The van der Waals surface area contributed by atoms with E-state index >= 15 is 0 Å². The molecule has 4 heteroatoms. The smallest absolute Gasteiger partial charge is 0.323 e. The van der Waals surface area contributed by atoms with E-state index < -0.39 is 11.5 Å². The van der Waals surface area contributed by atoms with Gasteiger partial charge in [-0.05, 0) is 38.1 Å². The highest BCUT2D eigenvalue weighted by atomic mass is 19.1. The first-order chi connectivity index (χ1) is 7.90. The second-order valence-electron chi connectivity index (χ2n) is 4.42. The Hall–Kier alpha value is -1.42. The SMILES string of the molecule is CCC(C)(C(=O)O)N(C)Cc1ccc(F)cc1. The van der Waals surface area contributed by atoms with Crippen LogP contribution in [0.2, 0.25) is 0 Å². The molecule has 0 saturated heterocycles. The largest absolute Gasteiger partial charge is 0.480 e. The topological polar surface area (TPSA) is 40.5 Å². The van der Waals surface area contributed by atoms with E-state index in [0.717, 1.165) is 5.56 Å². The van der Waals surface area contributed by atoms with Crippen LogP contribution < -0.4 is 0 Å². The first-order valence-electron chi connectivity index (χ1n) is 5.59. The molecule has 0 aliphatic rings. The van der Waals surface area contributed by atoms with Gasteiger partial charge in [-0.25, -0.2) is 4.39 Å². The average molecular weight is 239 g/mol. The van der Waals surface area contributed by atoms with Crippen molar-refractivity contribution in [2.45, 2.75) is 32.4 Å². The zero-order valence-corrected chi connectivity index (χ0v) is 10.4. The molecule has 1 atom stereocenters. The Morgan fingerprint density at radius 2 is 1.94 bits per heavy atom. The molecule has 0 spiro atoms. The fourth-order valence-electron chi connectivity index (χ4n) is 1.62. The van der Waals surface area contributed by atoms with Crippen LogP contribution in [0.3, 0.4) is 0 Å². The lowest BCUT2D eigenvalue weighted by Gasteiger charge is -2.34. The van der Waals surface area contributed by atoms with Crippen LogP contribution in [-0.2, 0) is 11.3 Å². The van der Waals surface area contributed by atoms with Crippen molar-refractivity contribution in [2.75, 3.05) is 7.05 Å². The molecule has 0 aromatic heterocycles. The summed E-state index contributed by atoms with van der Waals surface area (Å²) in [6, 6.07) is 6.11. The van der Waals surface area contributed by atoms with E-state index in [4.69, 9.17) is 0 Å². The molecule has 1 rings (SSSR count). The number of benzene rings is 1. The Balaban J connectivity index is 2.80. The Morgan fingerprint density at radius 3 is 2.35 bits per heavy atom. The number of halogens is 1. The van der Waals surface area contributed by atoms with Gasteiger partial charge in [0.05, 0.1) is 0 Å². The molecule has 0 fully saturated rings. The highest BCUT2D eigenvalue weighted by molar-refractivity contribution is 5.78. The number of hydrogen-bond acceptors (Lipinski definition) is 2. The second kappa shape index (κ2) is 5.27. The van der Waals surface area contributed by atoms with Crippen molar-refractivity contribution < 1.29 is 14.3 Å². The number of likely N-dealkylation sites (N-methyl/N-ethyl adjacent to an activating group) is 1. The summed E-state index contributed by atoms with van der Waals surface area (Å²) in [6.07, 6.45) is 0.514. The quantitative estimate of drug-likeness (QED) is 0.858. The summed E-state index contributed by atoms with van der Waals surface area (Å²) < 4.78 is 12.7. The Kier molecular flexibility index (Phi) is 4.23. The van der Waals surface area contributed by atoms with E-state index in [1.807, 2.05) is 6.92 Å². The van der Waals surface area contributed by atoms with Gasteiger partial charge in [-0.2, -0.15) is 0 Å². The number of carboxylic acid groups (broad SMARTS) is 1. The highest BCUT2D eigenvalue weighted by Gasteiger charge is 2.35. The van der Waals surface area contributed by atoms with Gasteiger partial charge in [0.1, 0.15) is 11.4 Å². The van der Waals surface area contributed by atoms with Gasteiger partial charge in [0.15, 0.2) is 0 Å². The zero-order valence-electron chi connectivity index (χ0n) is 10.4. The van der Waals surface area contributed by atoms with Gasteiger partial charge in [-0.3, -0.25) is 9.69 Å². The monoisotopic (exact) mass is 239 g/mol. The molecule has 17 heavy (non-hydrogen) atoms. The lowest BCUT2D eigenvalue weighted by molar-refractivity contribution is -0.150. The summed E-state index contributed by atoms with van der Waals surface area (Å²) in [4.78, 5) is 13.0. The molecular weight excluding hydrogens is 221 g/mol. The van der Waals surface area contributed by atoms with Gasteiger partial charge in [0.2, 0.25) is 0 Å². The normalized spacial score (nSPS) is 14.6. The van der Waals surface area contributed by atoms with Crippen LogP contribution in [0.5, 0.6) is 0 Å². The third kappa shape index (κ3) is 3.03. The summed E-state index contributed by atoms with van der Waals surface area (Å²) >= 11 is 0.